The lowest BCUT2D eigenvalue weighted by Gasteiger charge is -2.18. The monoisotopic (exact) mass is 297 g/mol. The van der Waals surface area contributed by atoms with Crippen LogP contribution in [0.3, 0.4) is 0 Å². The molecule has 0 radical (unpaired) electrons. The average Bonchev–Trinajstić information content (AvgIpc) is 2.99. The number of imidazole rings is 1. The number of rotatable bonds is 5. The summed E-state index contributed by atoms with van der Waals surface area (Å²) in [6, 6.07) is 5.46. The number of hydrogen-bond donors (Lipinski definition) is 2. The summed E-state index contributed by atoms with van der Waals surface area (Å²) in [6.45, 7) is 3.88. The maximum Gasteiger partial charge on any atom is 0.262 e. The Hall–Kier alpha value is -2.89. The fraction of sp³-hybridized carbons (Fsp3) is 0.188. The molecule has 0 bridgehead atoms. The van der Waals surface area contributed by atoms with Crippen LogP contribution in [0.15, 0.2) is 42.9 Å². The molecule has 3 rings (SSSR count). The Balaban J connectivity index is 1.67. The summed E-state index contributed by atoms with van der Waals surface area (Å²) in [7, 11) is 0. The number of carbonyl (C=O) groups is 2. The summed E-state index contributed by atoms with van der Waals surface area (Å²) in [6.07, 6.45) is 3.84. The highest BCUT2D eigenvalue weighted by molar-refractivity contribution is 5.97. The van der Waals surface area contributed by atoms with Crippen molar-refractivity contribution in [3.05, 3.63) is 54.1 Å². The topological polar surface area (TPSA) is 84.1 Å². The molecule has 0 aliphatic carbocycles. The van der Waals surface area contributed by atoms with Gasteiger partial charge in [0.2, 0.25) is 0 Å². The minimum Gasteiger partial charge on any atom is -0.482 e. The van der Waals surface area contributed by atoms with Crippen molar-refractivity contribution in [2.75, 3.05) is 11.9 Å². The molecule has 0 fully saturated rings. The maximum atomic E-state index is 12.1. The molecule has 0 saturated heterocycles. The molecule has 1 aliphatic rings. The van der Waals surface area contributed by atoms with Gasteiger partial charge >= 0.3 is 0 Å². The molecule has 2 aromatic rings. The van der Waals surface area contributed by atoms with Crippen LogP contribution in [0.4, 0.5) is 5.69 Å². The van der Waals surface area contributed by atoms with Gasteiger partial charge in [-0.25, -0.2) is 4.98 Å². The van der Waals surface area contributed by atoms with Gasteiger partial charge in [-0.3, -0.25) is 9.59 Å². The smallest absolute Gasteiger partial charge is 0.262 e. The van der Waals surface area contributed by atoms with E-state index in [9.17, 15) is 9.59 Å². The van der Waals surface area contributed by atoms with E-state index in [4.69, 9.17) is 4.74 Å². The van der Waals surface area contributed by atoms with E-state index in [1.807, 2.05) is 6.07 Å². The Morgan fingerprint density at radius 2 is 2.23 bits per heavy atom. The van der Waals surface area contributed by atoms with E-state index in [2.05, 4.69) is 21.9 Å². The summed E-state index contributed by atoms with van der Waals surface area (Å²) in [5.41, 5.74) is 2.80. The molecule has 0 spiro atoms. The molecule has 1 aliphatic heterocycles. The van der Waals surface area contributed by atoms with Crippen molar-refractivity contribution >= 4 is 17.4 Å². The summed E-state index contributed by atoms with van der Waals surface area (Å²) in [5.74, 6) is 0.416. The normalized spacial score (nSPS) is 13.0. The number of aromatic nitrogens is 2. The summed E-state index contributed by atoms with van der Waals surface area (Å²) >= 11 is 0. The van der Waals surface area contributed by atoms with Crippen LogP contribution in [0.2, 0.25) is 0 Å². The molecular formula is C16H15N3O3. The summed E-state index contributed by atoms with van der Waals surface area (Å²) in [4.78, 5) is 30.2. The van der Waals surface area contributed by atoms with Crippen molar-refractivity contribution in [3.63, 3.8) is 0 Å². The Morgan fingerprint density at radius 1 is 1.36 bits per heavy atom. The van der Waals surface area contributed by atoms with Gasteiger partial charge in [-0.2, -0.15) is 0 Å². The van der Waals surface area contributed by atoms with Gasteiger partial charge in [0.15, 0.2) is 12.4 Å². The van der Waals surface area contributed by atoms with E-state index in [-0.39, 0.29) is 24.7 Å². The number of benzene rings is 1. The third kappa shape index (κ3) is 3.06. The predicted octanol–water partition coefficient (Wildman–Crippen LogP) is 1.65. The van der Waals surface area contributed by atoms with Gasteiger partial charge in [0, 0.05) is 18.3 Å². The number of Topliss-reactive ketones (excluding diaryl/α,β-unsaturated/α-hetero) is 1. The molecule has 0 saturated carbocycles. The summed E-state index contributed by atoms with van der Waals surface area (Å²) in [5, 5.41) is 2.75. The van der Waals surface area contributed by atoms with Crippen LogP contribution in [0.1, 0.15) is 11.3 Å². The third-order valence-corrected chi connectivity index (χ3v) is 3.39. The lowest BCUT2D eigenvalue weighted by molar-refractivity contribution is -0.118. The molecule has 0 atom stereocenters. The van der Waals surface area contributed by atoms with E-state index >= 15 is 0 Å². The van der Waals surface area contributed by atoms with E-state index in [1.165, 1.54) is 6.33 Å². The largest absolute Gasteiger partial charge is 0.482 e. The fourth-order valence-electron chi connectivity index (χ4n) is 2.26. The Labute approximate surface area is 127 Å². The van der Waals surface area contributed by atoms with E-state index in [0.29, 0.717) is 23.4 Å². The number of ketones is 1. The second kappa shape index (κ2) is 5.85. The zero-order valence-corrected chi connectivity index (χ0v) is 11.9. The average molecular weight is 297 g/mol. The van der Waals surface area contributed by atoms with Crippen molar-refractivity contribution in [2.24, 2.45) is 0 Å². The van der Waals surface area contributed by atoms with Gasteiger partial charge in [-0.05, 0) is 23.3 Å². The number of nitrogens with zero attached hydrogens (tertiary/aromatic N) is 1. The SMILES string of the molecule is C=C(Cc1ccc2c(c1)NC(=O)CO2)C(=O)Cc1cnc[nH]1. The van der Waals surface area contributed by atoms with Crippen LogP contribution < -0.4 is 10.1 Å². The van der Waals surface area contributed by atoms with Crippen LogP contribution >= 0.6 is 0 Å². The number of aromatic amines is 1. The van der Waals surface area contributed by atoms with E-state index < -0.39 is 0 Å². The first-order chi connectivity index (χ1) is 10.6. The van der Waals surface area contributed by atoms with Crippen LogP contribution in [-0.2, 0) is 22.4 Å². The number of anilines is 1. The second-order valence-electron chi connectivity index (χ2n) is 5.12. The first kappa shape index (κ1) is 14.1. The highest BCUT2D eigenvalue weighted by atomic mass is 16.5. The van der Waals surface area contributed by atoms with Crippen molar-refractivity contribution in [2.45, 2.75) is 12.8 Å². The van der Waals surface area contributed by atoms with Gasteiger partial charge in [0.05, 0.1) is 18.4 Å². The molecule has 1 aromatic heterocycles. The van der Waals surface area contributed by atoms with Crippen LogP contribution in [0.5, 0.6) is 5.75 Å². The van der Waals surface area contributed by atoms with Gasteiger partial charge in [-0.1, -0.05) is 12.6 Å². The minimum atomic E-state index is -0.182. The molecule has 22 heavy (non-hydrogen) atoms. The van der Waals surface area contributed by atoms with Crippen LogP contribution in [-0.4, -0.2) is 28.3 Å². The number of H-pyrrole nitrogens is 1. The minimum absolute atomic E-state index is 0.0295. The maximum absolute atomic E-state index is 12.1. The number of allylic oxidation sites excluding steroid dienone is 1. The Bertz CT molecular complexity index is 735. The molecule has 2 N–H and O–H groups in total. The van der Waals surface area contributed by atoms with Crippen molar-refractivity contribution in [1.29, 1.82) is 0 Å². The van der Waals surface area contributed by atoms with Crippen molar-refractivity contribution in [3.8, 4) is 5.75 Å². The quantitative estimate of drug-likeness (QED) is 0.822. The predicted molar refractivity (Wildman–Crippen MR) is 80.7 cm³/mol. The number of ether oxygens (including phenoxy) is 1. The molecular weight excluding hydrogens is 282 g/mol. The van der Waals surface area contributed by atoms with E-state index in [1.54, 1.807) is 18.3 Å². The molecule has 6 heteroatoms. The Morgan fingerprint density at radius 3 is 3.00 bits per heavy atom. The third-order valence-electron chi connectivity index (χ3n) is 3.39. The summed E-state index contributed by atoms with van der Waals surface area (Å²) < 4.78 is 5.30. The molecule has 112 valence electrons. The number of fused-ring (bicyclic) bond motifs is 1. The molecule has 6 nitrogen and oxygen atoms in total. The zero-order chi connectivity index (χ0) is 15.5. The van der Waals surface area contributed by atoms with Crippen molar-refractivity contribution in [1.82, 2.24) is 9.97 Å². The molecule has 2 heterocycles. The van der Waals surface area contributed by atoms with Crippen LogP contribution in [0.25, 0.3) is 0 Å². The number of hydrogen-bond acceptors (Lipinski definition) is 4. The van der Waals surface area contributed by atoms with Gasteiger partial charge in [-0.15, -0.1) is 0 Å². The van der Waals surface area contributed by atoms with Gasteiger partial charge < -0.3 is 15.0 Å². The van der Waals surface area contributed by atoms with Gasteiger partial charge in [0.1, 0.15) is 5.75 Å². The first-order valence-corrected chi connectivity index (χ1v) is 6.85. The zero-order valence-electron chi connectivity index (χ0n) is 11.9. The number of nitrogens with one attached hydrogen (secondary N) is 2. The van der Waals surface area contributed by atoms with E-state index in [0.717, 1.165) is 11.3 Å². The molecule has 0 unspecified atom stereocenters. The van der Waals surface area contributed by atoms with Crippen molar-refractivity contribution < 1.29 is 14.3 Å². The highest BCUT2D eigenvalue weighted by Crippen LogP contribution is 2.29. The molecule has 1 aromatic carbocycles. The Kier molecular flexibility index (Phi) is 3.74. The van der Waals surface area contributed by atoms with Gasteiger partial charge in [0.25, 0.3) is 5.91 Å². The lowest BCUT2D eigenvalue weighted by Crippen LogP contribution is -2.25. The fourth-order valence-corrected chi connectivity index (χ4v) is 2.26. The standard InChI is InChI=1S/C16H15N3O3/c1-10(14(20)6-12-7-17-9-18-12)4-11-2-3-15-13(5-11)19-16(21)8-22-15/h2-3,5,7,9H,1,4,6,8H2,(H,17,18)(H,19,21). The number of amides is 1. The number of carbonyl (C=O) groups excluding carboxylic acids is 2. The second-order valence-corrected chi connectivity index (χ2v) is 5.12. The van der Waals surface area contributed by atoms with Crippen LogP contribution in [0, 0.1) is 0 Å². The first-order valence-electron chi connectivity index (χ1n) is 6.85. The highest BCUT2D eigenvalue weighted by Gasteiger charge is 2.17. The molecule has 1 amide bonds. The lowest BCUT2D eigenvalue weighted by atomic mass is 10.00.